The summed E-state index contributed by atoms with van der Waals surface area (Å²) in [7, 11) is 0. The second-order valence-corrected chi connectivity index (χ2v) is 5.64. The number of carbonyl (C=O) groups excluding carboxylic acids is 1. The molecule has 0 radical (unpaired) electrons. The lowest BCUT2D eigenvalue weighted by Crippen LogP contribution is -2.42. The smallest absolute Gasteiger partial charge is 0.410 e. The highest BCUT2D eigenvalue weighted by molar-refractivity contribution is 5.68. The topological polar surface area (TPSA) is 41.6 Å². The van der Waals surface area contributed by atoms with Gasteiger partial charge in [-0.3, -0.25) is 0 Å². The quantitative estimate of drug-likeness (QED) is 0.845. The van der Waals surface area contributed by atoms with Gasteiger partial charge in [0.25, 0.3) is 6.43 Å². The molecule has 0 bridgehead atoms. The highest BCUT2D eigenvalue weighted by Gasteiger charge is 2.27. The first-order chi connectivity index (χ1) is 8.28. The summed E-state index contributed by atoms with van der Waals surface area (Å²) in [5.74, 6) is 0.233. The first kappa shape index (κ1) is 15.1. The number of rotatable bonds is 4. The summed E-state index contributed by atoms with van der Waals surface area (Å²) < 4.78 is 30.1. The van der Waals surface area contributed by atoms with Gasteiger partial charge in [0.15, 0.2) is 0 Å². The fourth-order valence-electron chi connectivity index (χ4n) is 1.90. The molecule has 1 amide bonds. The van der Waals surface area contributed by atoms with Gasteiger partial charge < -0.3 is 15.0 Å². The molecular formula is C12H22F2N2O2. The van der Waals surface area contributed by atoms with Gasteiger partial charge in [-0.2, -0.15) is 0 Å². The predicted octanol–water partition coefficient (Wildman–Crippen LogP) is 2.10. The summed E-state index contributed by atoms with van der Waals surface area (Å²) in [5.41, 5.74) is -0.661. The molecule has 18 heavy (non-hydrogen) atoms. The lowest BCUT2D eigenvalue weighted by atomic mass is 10.1. The summed E-state index contributed by atoms with van der Waals surface area (Å²) in [6, 6.07) is 0. The number of nitrogens with zero attached hydrogens (tertiary/aromatic N) is 1. The van der Waals surface area contributed by atoms with E-state index in [1.165, 1.54) is 0 Å². The SMILES string of the molecule is CC(C)(C)OC(=O)N(CC(F)F)CC1CCNC1. The van der Waals surface area contributed by atoms with E-state index in [2.05, 4.69) is 5.32 Å². The normalized spacial score (nSPS) is 20.2. The number of alkyl halides is 2. The Balaban J connectivity index is 2.55. The molecule has 0 aromatic heterocycles. The maximum atomic E-state index is 12.5. The molecule has 1 unspecified atom stereocenters. The van der Waals surface area contributed by atoms with E-state index in [4.69, 9.17) is 4.74 Å². The first-order valence-electron chi connectivity index (χ1n) is 6.24. The van der Waals surface area contributed by atoms with E-state index in [9.17, 15) is 13.6 Å². The second-order valence-electron chi connectivity index (χ2n) is 5.64. The maximum Gasteiger partial charge on any atom is 0.410 e. The first-order valence-corrected chi connectivity index (χ1v) is 6.24. The summed E-state index contributed by atoms with van der Waals surface area (Å²) in [6.45, 7) is 6.58. The molecule has 6 heteroatoms. The minimum absolute atomic E-state index is 0.233. The Morgan fingerprint density at radius 2 is 2.17 bits per heavy atom. The van der Waals surface area contributed by atoms with Crippen molar-refractivity contribution >= 4 is 6.09 Å². The van der Waals surface area contributed by atoms with E-state index in [0.29, 0.717) is 6.54 Å². The van der Waals surface area contributed by atoms with E-state index in [0.717, 1.165) is 24.4 Å². The molecule has 1 aliphatic rings. The van der Waals surface area contributed by atoms with E-state index in [-0.39, 0.29) is 5.92 Å². The standard InChI is InChI=1S/C12H22F2N2O2/c1-12(2,3)18-11(17)16(8-10(13)14)7-9-4-5-15-6-9/h9-10,15H,4-8H2,1-3H3. The zero-order chi connectivity index (χ0) is 13.8. The van der Waals surface area contributed by atoms with Crippen LogP contribution in [0.1, 0.15) is 27.2 Å². The van der Waals surface area contributed by atoms with Crippen LogP contribution in [0.25, 0.3) is 0 Å². The number of amides is 1. The van der Waals surface area contributed by atoms with Crippen LogP contribution in [0.4, 0.5) is 13.6 Å². The van der Waals surface area contributed by atoms with Crippen molar-refractivity contribution in [3.63, 3.8) is 0 Å². The highest BCUT2D eigenvalue weighted by atomic mass is 19.3. The number of hydrogen-bond acceptors (Lipinski definition) is 3. The van der Waals surface area contributed by atoms with Gasteiger partial charge in [0.2, 0.25) is 0 Å². The molecule has 106 valence electrons. The number of halogens is 2. The average molecular weight is 264 g/mol. The minimum Gasteiger partial charge on any atom is -0.444 e. The third-order valence-electron chi connectivity index (χ3n) is 2.65. The van der Waals surface area contributed by atoms with Crippen molar-refractivity contribution < 1.29 is 18.3 Å². The van der Waals surface area contributed by atoms with Crippen LogP contribution in [0.5, 0.6) is 0 Å². The van der Waals surface area contributed by atoms with Crippen LogP contribution < -0.4 is 5.32 Å². The Bertz CT molecular complexity index is 274. The molecule has 1 N–H and O–H groups in total. The number of hydrogen-bond donors (Lipinski definition) is 1. The van der Waals surface area contributed by atoms with Crippen molar-refractivity contribution in [2.24, 2.45) is 5.92 Å². The lowest BCUT2D eigenvalue weighted by molar-refractivity contribution is 0.00719. The van der Waals surface area contributed by atoms with Crippen molar-refractivity contribution in [1.82, 2.24) is 10.2 Å². The van der Waals surface area contributed by atoms with E-state index < -0.39 is 24.7 Å². The summed E-state index contributed by atoms with van der Waals surface area (Å²) >= 11 is 0. The van der Waals surface area contributed by atoms with Gasteiger partial charge in [-0.05, 0) is 46.2 Å². The van der Waals surface area contributed by atoms with Crippen LogP contribution in [0.15, 0.2) is 0 Å². The highest BCUT2D eigenvalue weighted by Crippen LogP contribution is 2.15. The Kier molecular flexibility index (Phi) is 5.31. The molecule has 1 fully saturated rings. The molecule has 0 aliphatic carbocycles. The summed E-state index contributed by atoms with van der Waals surface area (Å²) in [5, 5.41) is 3.15. The third kappa shape index (κ3) is 5.62. The molecule has 0 aromatic rings. The zero-order valence-electron chi connectivity index (χ0n) is 11.2. The molecule has 1 rings (SSSR count). The van der Waals surface area contributed by atoms with Gasteiger partial charge in [-0.1, -0.05) is 0 Å². The molecule has 0 aromatic carbocycles. The largest absolute Gasteiger partial charge is 0.444 e. The molecule has 1 atom stereocenters. The average Bonchev–Trinajstić information content (AvgIpc) is 2.65. The second kappa shape index (κ2) is 6.31. The van der Waals surface area contributed by atoms with Crippen LogP contribution in [0.3, 0.4) is 0 Å². The van der Waals surface area contributed by atoms with Crippen LogP contribution in [0, 0.1) is 5.92 Å². The molecule has 0 spiro atoms. The van der Waals surface area contributed by atoms with Gasteiger partial charge in [-0.25, -0.2) is 13.6 Å². The predicted molar refractivity (Wildman–Crippen MR) is 64.8 cm³/mol. The maximum absolute atomic E-state index is 12.5. The van der Waals surface area contributed by atoms with Gasteiger partial charge in [-0.15, -0.1) is 0 Å². The lowest BCUT2D eigenvalue weighted by Gasteiger charge is -2.28. The van der Waals surface area contributed by atoms with Gasteiger partial charge >= 0.3 is 6.09 Å². The number of ether oxygens (including phenoxy) is 1. The van der Waals surface area contributed by atoms with Crippen LogP contribution in [-0.4, -0.2) is 49.2 Å². The molecule has 4 nitrogen and oxygen atoms in total. The van der Waals surface area contributed by atoms with Gasteiger partial charge in [0.1, 0.15) is 5.60 Å². The molecule has 1 heterocycles. The minimum atomic E-state index is -2.54. The van der Waals surface area contributed by atoms with E-state index in [1.807, 2.05) is 0 Å². The zero-order valence-corrected chi connectivity index (χ0v) is 11.2. The van der Waals surface area contributed by atoms with Gasteiger partial charge in [0, 0.05) is 6.54 Å². The molecular weight excluding hydrogens is 242 g/mol. The molecule has 1 saturated heterocycles. The van der Waals surface area contributed by atoms with Crippen molar-refractivity contribution in [3.05, 3.63) is 0 Å². The van der Waals surface area contributed by atoms with E-state index >= 15 is 0 Å². The summed E-state index contributed by atoms with van der Waals surface area (Å²) in [4.78, 5) is 13.0. The number of carbonyl (C=O) groups is 1. The Hall–Kier alpha value is -0.910. The monoisotopic (exact) mass is 264 g/mol. The Morgan fingerprint density at radius 1 is 1.50 bits per heavy atom. The van der Waals surface area contributed by atoms with Crippen molar-refractivity contribution in [1.29, 1.82) is 0 Å². The van der Waals surface area contributed by atoms with Crippen molar-refractivity contribution in [3.8, 4) is 0 Å². The Labute approximate surface area is 107 Å². The van der Waals surface area contributed by atoms with E-state index in [1.54, 1.807) is 20.8 Å². The van der Waals surface area contributed by atoms with Crippen LogP contribution >= 0.6 is 0 Å². The number of nitrogens with one attached hydrogen (secondary N) is 1. The fourth-order valence-corrected chi connectivity index (χ4v) is 1.90. The Morgan fingerprint density at radius 3 is 2.61 bits per heavy atom. The summed E-state index contributed by atoms with van der Waals surface area (Å²) in [6.07, 6.45) is -2.29. The fraction of sp³-hybridized carbons (Fsp3) is 0.917. The van der Waals surface area contributed by atoms with Crippen molar-refractivity contribution in [2.45, 2.75) is 39.2 Å². The van der Waals surface area contributed by atoms with Crippen LogP contribution in [-0.2, 0) is 4.74 Å². The molecule has 0 saturated carbocycles. The van der Waals surface area contributed by atoms with Gasteiger partial charge in [0.05, 0.1) is 6.54 Å². The third-order valence-corrected chi connectivity index (χ3v) is 2.65. The van der Waals surface area contributed by atoms with Crippen molar-refractivity contribution in [2.75, 3.05) is 26.2 Å². The molecule has 1 aliphatic heterocycles. The van der Waals surface area contributed by atoms with Crippen LogP contribution in [0.2, 0.25) is 0 Å².